The highest BCUT2D eigenvalue weighted by atomic mass is 19.3. The molecule has 170 valence electrons. The highest BCUT2D eigenvalue weighted by Crippen LogP contribution is 2.24. The summed E-state index contributed by atoms with van der Waals surface area (Å²) >= 11 is 0. The number of aromatic nitrogens is 5. The molecule has 1 aromatic carbocycles. The molecule has 0 bridgehead atoms. The quantitative estimate of drug-likeness (QED) is 0.428. The maximum Gasteiger partial charge on any atom is 0.307 e. The summed E-state index contributed by atoms with van der Waals surface area (Å²) < 4.78 is 32.9. The third-order valence-corrected chi connectivity index (χ3v) is 4.98. The molecule has 1 amide bonds. The number of nitrogens with one attached hydrogen (secondary N) is 2. The van der Waals surface area contributed by atoms with E-state index >= 15 is 0 Å². The number of alkyl halides is 2. The second kappa shape index (κ2) is 9.15. The largest absolute Gasteiger partial charge is 0.440 e. The van der Waals surface area contributed by atoms with E-state index in [0.29, 0.717) is 28.7 Å². The standard InChI is InChI=1S/C22H21F2N7O2/c1-12-10-25-22(29-17-7-8-26-31(17)3)30-18(12)16-11-33-21(28-16)20(32)27-13(2)14-5-4-6-15(9-14)19(23)24/h4-11,13,19H,1-3H3,(H,27,32)(H,25,29,30)/t13-/m1/s1. The summed E-state index contributed by atoms with van der Waals surface area (Å²) in [5.74, 6) is 0.299. The Morgan fingerprint density at radius 1 is 1.18 bits per heavy atom. The second-order valence-corrected chi connectivity index (χ2v) is 7.39. The number of rotatable bonds is 7. The molecule has 0 aliphatic carbocycles. The van der Waals surface area contributed by atoms with Gasteiger partial charge in [0.1, 0.15) is 23.5 Å². The molecular weight excluding hydrogens is 432 g/mol. The van der Waals surface area contributed by atoms with E-state index in [0.717, 1.165) is 5.56 Å². The average Bonchev–Trinajstić information content (AvgIpc) is 3.44. The van der Waals surface area contributed by atoms with E-state index in [9.17, 15) is 13.6 Å². The molecule has 3 aromatic heterocycles. The van der Waals surface area contributed by atoms with Crippen LogP contribution in [0.15, 0.2) is 53.4 Å². The number of nitrogens with zero attached hydrogens (tertiary/aromatic N) is 5. The average molecular weight is 453 g/mol. The van der Waals surface area contributed by atoms with E-state index in [-0.39, 0.29) is 11.5 Å². The van der Waals surface area contributed by atoms with Gasteiger partial charge in [0.25, 0.3) is 12.3 Å². The van der Waals surface area contributed by atoms with Gasteiger partial charge in [-0.3, -0.25) is 9.48 Å². The summed E-state index contributed by atoms with van der Waals surface area (Å²) in [6, 6.07) is 7.14. The summed E-state index contributed by atoms with van der Waals surface area (Å²) in [6.07, 6.45) is 2.02. The zero-order valence-electron chi connectivity index (χ0n) is 18.1. The molecule has 3 heterocycles. The van der Waals surface area contributed by atoms with Gasteiger partial charge in [-0.15, -0.1) is 0 Å². The van der Waals surface area contributed by atoms with Gasteiger partial charge in [0.2, 0.25) is 5.95 Å². The van der Waals surface area contributed by atoms with Crippen molar-refractivity contribution in [1.82, 2.24) is 30.0 Å². The van der Waals surface area contributed by atoms with Crippen LogP contribution in [-0.4, -0.2) is 30.6 Å². The zero-order valence-corrected chi connectivity index (χ0v) is 18.1. The zero-order chi connectivity index (χ0) is 23.5. The first-order valence-electron chi connectivity index (χ1n) is 10.0. The van der Waals surface area contributed by atoms with Gasteiger partial charge < -0.3 is 15.1 Å². The Labute approximate surface area is 187 Å². The first-order chi connectivity index (χ1) is 15.8. The Bertz CT molecular complexity index is 1290. The third-order valence-electron chi connectivity index (χ3n) is 4.98. The number of hydrogen-bond acceptors (Lipinski definition) is 7. The molecule has 0 unspecified atom stereocenters. The van der Waals surface area contributed by atoms with E-state index < -0.39 is 18.4 Å². The van der Waals surface area contributed by atoms with Gasteiger partial charge in [0.15, 0.2) is 0 Å². The highest BCUT2D eigenvalue weighted by molar-refractivity contribution is 5.90. The van der Waals surface area contributed by atoms with E-state index in [1.54, 1.807) is 43.2 Å². The Kier molecular flexibility index (Phi) is 6.11. The Hall–Kier alpha value is -4.15. The van der Waals surface area contributed by atoms with E-state index in [1.165, 1.54) is 24.5 Å². The first-order valence-corrected chi connectivity index (χ1v) is 10.0. The van der Waals surface area contributed by atoms with Crippen molar-refractivity contribution in [2.45, 2.75) is 26.3 Å². The van der Waals surface area contributed by atoms with Crippen LogP contribution in [0.2, 0.25) is 0 Å². The van der Waals surface area contributed by atoms with Crippen LogP contribution in [0, 0.1) is 6.92 Å². The Morgan fingerprint density at radius 3 is 2.70 bits per heavy atom. The number of benzene rings is 1. The van der Waals surface area contributed by atoms with E-state index in [1.807, 2.05) is 6.92 Å². The fraction of sp³-hybridized carbons (Fsp3) is 0.227. The molecule has 0 saturated heterocycles. The molecule has 4 aromatic rings. The van der Waals surface area contributed by atoms with Gasteiger partial charge in [-0.1, -0.05) is 18.2 Å². The van der Waals surface area contributed by atoms with Gasteiger partial charge in [0, 0.05) is 24.9 Å². The predicted octanol–water partition coefficient (Wildman–Crippen LogP) is 4.35. The van der Waals surface area contributed by atoms with Crippen LogP contribution < -0.4 is 10.6 Å². The van der Waals surface area contributed by atoms with Crippen LogP contribution in [-0.2, 0) is 7.05 Å². The van der Waals surface area contributed by atoms with Crippen molar-refractivity contribution in [3.8, 4) is 11.4 Å². The lowest BCUT2D eigenvalue weighted by Gasteiger charge is -2.14. The summed E-state index contributed by atoms with van der Waals surface area (Å²) in [5, 5.41) is 9.86. The lowest BCUT2D eigenvalue weighted by Crippen LogP contribution is -2.27. The van der Waals surface area contributed by atoms with Crippen molar-refractivity contribution in [2.75, 3.05) is 5.32 Å². The normalized spacial score (nSPS) is 12.1. The summed E-state index contributed by atoms with van der Waals surface area (Å²) in [6.45, 7) is 3.51. The van der Waals surface area contributed by atoms with Crippen LogP contribution in [0.4, 0.5) is 20.5 Å². The SMILES string of the molecule is Cc1cnc(Nc2ccnn2C)nc1-c1coc(C(=O)N[C@H](C)c2cccc(C(F)F)c2)n1. The fourth-order valence-corrected chi connectivity index (χ4v) is 3.17. The van der Waals surface area contributed by atoms with Crippen molar-refractivity contribution in [1.29, 1.82) is 0 Å². The molecule has 0 aliphatic heterocycles. The monoisotopic (exact) mass is 453 g/mol. The highest BCUT2D eigenvalue weighted by Gasteiger charge is 2.20. The topological polar surface area (TPSA) is 111 Å². The lowest BCUT2D eigenvalue weighted by molar-refractivity contribution is 0.0905. The summed E-state index contributed by atoms with van der Waals surface area (Å²) in [5.41, 5.74) is 2.03. The van der Waals surface area contributed by atoms with Crippen molar-refractivity contribution in [3.05, 3.63) is 71.6 Å². The molecule has 0 aliphatic rings. The van der Waals surface area contributed by atoms with Gasteiger partial charge >= 0.3 is 5.91 Å². The molecule has 2 N–H and O–H groups in total. The fourth-order valence-electron chi connectivity index (χ4n) is 3.17. The maximum atomic E-state index is 13.0. The minimum atomic E-state index is -2.59. The molecule has 1 atom stereocenters. The molecule has 11 heteroatoms. The molecule has 0 fully saturated rings. The Morgan fingerprint density at radius 2 is 1.97 bits per heavy atom. The minimum absolute atomic E-state index is 0.109. The van der Waals surface area contributed by atoms with E-state index in [2.05, 4.69) is 30.7 Å². The molecule has 0 spiro atoms. The van der Waals surface area contributed by atoms with Crippen molar-refractivity contribution < 1.29 is 18.0 Å². The molecule has 4 rings (SSSR count). The van der Waals surface area contributed by atoms with Gasteiger partial charge in [0.05, 0.1) is 12.2 Å². The lowest BCUT2D eigenvalue weighted by atomic mass is 10.1. The number of carbonyl (C=O) groups excluding carboxylic acids is 1. The van der Waals surface area contributed by atoms with Gasteiger partial charge in [-0.2, -0.15) is 5.10 Å². The number of oxazole rings is 1. The summed E-state index contributed by atoms with van der Waals surface area (Å²) in [7, 11) is 1.78. The number of carbonyl (C=O) groups is 1. The predicted molar refractivity (Wildman–Crippen MR) is 116 cm³/mol. The second-order valence-electron chi connectivity index (χ2n) is 7.39. The molecule has 33 heavy (non-hydrogen) atoms. The van der Waals surface area contributed by atoms with Crippen LogP contribution in [0.3, 0.4) is 0 Å². The number of aryl methyl sites for hydroxylation is 2. The van der Waals surface area contributed by atoms with Gasteiger partial charge in [-0.25, -0.2) is 23.7 Å². The van der Waals surface area contributed by atoms with Crippen LogP contribution in [0.5, 0.6) is 0 Å². The van der Waals surface area contributed by atoms with Crippen molar-refractivity contribution >= 4 is 17.7 Å². The van der Waals surface area contributed by atoms with E-state index in [4.69, 9.17) is 4.42 Å². The smallest absolute Gasteiger partial charge is 0.307 e. The number of hydrogen-bond donors (Lipinski definition) is 2. The van der Waals surface area contributed by atoms with Crippen LogP contribution in [0.1, 0.15) is 46.8 Å². The number of halogens is 2. The molecule has 0 saturated carbocycles. The van der Waals surface area contributed by atoms with Gasteiger partial charge in [-0.05, 0) is 31.0 Å². The molecule has 9 nitrogen and oxygen atoms in total. The molecule has 0 radical (unpaired) electrons. The third kappa shape index (κ3) is 4.86. The first kappa shape index (κ1) is 22.1. The molecular formula is C22H21F2N7O2. The van der Waals surface area contributed by atoms with Crippen LogP contribution in [0.25, 0.3) is 11.4 Å². The maximum absolute atomic E-state index is 13.0. The minimum Gasteiger partial charge on any atom is -0.440 e. The van der Waals surface area contributed by atoms with Crippen molar-refractivity contribution in [3.63, 3.8) is 0 Å². The van der Waals surface area contributed by atoms with Crippen molar-refractivity contribution in [2.24, 2.45) is 7.05 Å². The summed E-state index contributed by atoms with van der Waals surface area (Å²) in [4.78, 5) is 25.6. The number of amides is 1. The van der Waals surface area contributed by atoms with Crippen LogP contribution >= 0.6 is 0 Å². The Balaban J connectivity index is 1.50. The number of anilines is 2.